The topological polar surface area (TPSA) is 44.8 Å². The maximum absolute atomic E-state index is 11.9. The molecule has 0 saturated heterocycles. The molecule has 2 unspecified atom stereocenters. The third-order valence-corrected chi connectivity index (χ3v) is 4.47. The summed E-state index contributed by atoms with van der Waals surface area (Å²) in [6.07, 6.45) is 8.92. The summed E-state index contributed by atoms with van der Waals surface area (Å²) in [5.74, 6) is 0.634. The van der Waals surface area contributed by atoms with Gasteiger partial charge < -0.3 is 14.2 Å². The summed E-state index contributed by atoms with van der Waals surface area (Å²) in [6, 6.07) is 0. The zero-order chi connectivity index (χ0) is 18.0. The van der Waals surface area contributed by atoms with Gasteiger partial charge in [-0.25, -0.2) is 0 Å². The van der Waals surface area contributed by atoms with Crippen molar-refractivity contribution in [3.63, 3.8) is 0 Å². The third kappa shape index (κ3) is 12.8. The molecule has 4 heteroatoms. The second kappa shape index (κ2) is 17.2. The van der Waals surface area contributed by atoms with E-state index in [1.54, 1.807) is 0 Å². The molecule has 24 heavy (non-hydrogen) atoms. The second-order valence-corrected chi connectivity index (χ2v) is 6.52. The number of unbranched alkanes of at least 4 members (excludes halogenated alkanes) is 2. The molecule has 0 saturated carbocycles. The highest BCUT2D eigenvalue weighted by Gasteiger charge is 2.16. The number of carbonyl (C=O) groups is 1. The van der Waals surface area contributed by atoms with Crippen LogP contribution in [0.25, 0.3) is 0 Å². The molecule has 144 valence electrons. The van der Waals surface area contributed by atoms with Crippen molar-refractivity contribution >= 4 is 5.97 Å². The SMILES string of the molecule is CCCCC(CC)COCCOCCOC(=O)C(CC)CCCC. The minimum atomic E-state index is -0.0764. The molecule has 0 heterocycles. The van der Waals surface area contributed by atoms with Gasteiger partial charge in [0.2, 0.25) is 0 Å². The Bertz CT molecular complexity index is 281. The van der Waals surface area contributed by atoms with Gasteiger partial charge in [0.25, 0.3) is 0 Å². The van der Waals surface area contributed by atoms with Gasteiger partial charge in [-0.1, -0.05) is 59.8 Å². The number of esters is 1. The van der Waals surface area contributed by atoms with Crippen molar-refractivity contribution in [2.45, 2.75) is 79.1 Å². The van der Waals surface area contributed by atoms with E-state index in [2.05, 4.69) is 20.8 Å². The Labute approximate surface area is 149 Å². The smallest absolute Gasteiger partial charge is 0.308 e. The molecule has 2 atom stereocenters. The zero-order valence-electron chi connectivity index (χ0n) is 16.5. The molecule has 0 spiro atoms. The molecule has 0 aromatic rings. The highest BCUT2D eigenvalue weighted by molar-refractivity contribution is 5.72. The van der Waals surface area contributed by atoms with E-state index >= 15 is 0 Å². The van der Waals surface area contributed by atoms with Crippen LogP contribution in [0.4, 0.5) is 0 Å². The quantitative estimate of drug-likeness (QED) is 0.275. The van der Waals surface area contributed by atoms with Crippen molar-refractivity contribution in [1.29, 1.82) is 0 Å². The van der Waals surface area contributed by atoms with Gasteiger partial charge in [-0.05, 0) is 25.2 Å². The molecule has 0 aliphatic heterocycles. The number of ether oxygens (including phenoxy) is 3. The van der Waals surface area contributed by atoms with Crippen LogP contribution in [0.1, 0.15) is 79.1 Å². The Balaban J connectivity index is 3.54. The first-order valence-electron chi connectivity index (χ1n) is 10.0. The molecule has 0 amide bonds. The van der Waals surface area contributed by atoms with E-state index in [4.69, 9.17) is 14.2 Å². The highest BCUT2D eigenvalue weighted by Crippen LogP contribution is 2.14. The first kappa shape index (κ1) is 23.4. The van der Waals surface area contributed by atoms with E-state index in [1.807, 2.05) is 6.92 Å². The van der Waals surface area contributed by atoms with Gasteiger partial charge in [-0.15, -0.1) is 0 Å². The van der Waals surface area contributed by atoms with Crippen molar-refractivity contribution in [2.75, 3.05) is 33.0 Å². The Morgan fingerprint density at radius 2 is 1.42 bits per heavy atom. The van der Waals surface area contributed by atoms with Gasteiger partial charge in [0.05, 0.1) is 25.7 Å². The van der Waals surface area contributed by atoms with Crippen LogP contribution in [0.2, 0.25) is 0 Å². The monoisotopic (exact) mass is 344 g/mol. The summed E-state index contributed by atoms with van der Waals surface area (Å²) in [6.45, 7) is 11.4. The van der Waals surface area contributed by atoms with E-state index in [1.165, 1.54) is 25.7 Å². The number of hydrogen-bond donors (Lipinski definition) is 0. The molecule has 4 nitrogen and oxygen atoms in total. The molecule has 0 aromatic heterocycles. The molecule has 0 fully saturated rings. The minimum absolute atomic E-state index is 0.0439. The van der Waals surface area contributed by atoms with Crippen LogP contribution in [0.15, 0.2) is 0 Å². The predicted octanol–water partition coefficient (Wildman–Crippen LogP) is 5.00. The third-order valence-electron chi connectivity index (χ3n) is 4.47. The van der Waals surface area contributed by atoms with Crippen LogP contribution in [0, 0.1) is 11.8 Å². The molecular weight excluding hydrogens is 304 g/mol. The van der Waals surface area contributed by atoms with Crippen LogP contribution in [0.3, 0.4) is 0 Å². The molecule has 0 aliphatic carbocycles. The van der Waals surface area contributed by atoms with Crippen LogP contribution in [-0.4, -0.2) is 39.0 Å². The zero-order valence-corrected chi connectivity index (χ0v) is 16.5. The van der Waals surface area contributed by atoms with Crippen molar-refractivity contribution in [1.82, 2.24) is 0 Å². The second-order valence-electron chi connectivity index (χ2n) is 6.52. The van der Waals surface area contributed by atoms with Crippen molar-refractivity contribution < 1.29 is 19.0 Å². The van der Waals surface area contributed by atoms with Crippen molar-refractivity contribution in [2.24, 2.45) is 11.8 Å². The summed E-state index contributed by atoms with van der Waals surface area (Å²) >= 11 is 0. The summed E-state index contributed by atoms with van der Waals surface area (Å²) in [5, 5.41) is 0. The minimum Gasteiger partial charge on any atom is -0.463 e. The lowest BCUT2D eigenvalue weighted by Gasteiger charge is -2.15. The van der Waals surface area contributed by atoms with Crippen molar-refractivity contribution in [3.05, 3.63) is 0 Å². The number of hydrogen-bond acceptors (Lipinski definition) is 4. The fourth-order valence-corrected chi connectivity index (χ4v) is 2.63. The maximum atomic E-state index is 11.9. The Morgan fingerprint density at radius 1 is 0.792 bits per heavy atom. The molecule has 0 radical (unpaired) electrons. The van der Waals surface area contributed by atoms with Crippen LogP contribution < -0.4 is 0 Å². The van der Waals surface area contributed by atoms with Gasteiger partial charge in [0.1, 0.15) is 6.61 Å². The maximum Gasteiger partial charge on any atom is 0.308 e. The van der Waals surface area contributed by atoms with Crippen LogP contribution in [-0.2, 0) is 19.0 Å². The molecule has 0 aromatic carbocycles. The summed E-state index contributed by atoms with van der Waals surface area (Å²) in [7, 11) is 0. The summed E-state index contributed by atoms with van der Waals surface area (Å²) in [4.78, 5) is 11.9. The lowest BCUT2D eigenvalue weighted by Crippen LogP contribution is -2.20. The normalized spacial score (nSPS) is 13.7. The van der Waals surface area contributed by atoms with Gasteiger partial charge >= 0.3 is 5.97 Å². The molecule has 0 bridgehead atoms. The molecular formula is C20H40O4. The van der Waals surface area contributed by atoms with Gasteiger partial charge in [0, 0.05) is 6.61 Å². The summed E-state index contributed by atoms with van der Waals surface area (Å²) < 4.78 is 16.4. The Morgan fingerprint density at radius 3 is 2.04 bits per heavy atom. The van der Waals surface area contributed by atoms with E-state index < -0.39 is 0 Å². The van der Waals surface area contributed by atoms with Gasteiger partial charge in [-0.2, -0.15) is 0 Å². The summed E-state index contributed by atoms with van der Waals surface area (Å²) in [5.41, 5.74) is 0. The van der Waals surface area contributed by atoms with E-state index in [9.17, 15) is 4.79 Å². The molecule has 0 aliphatic rings. The van der Waals surface area contributed by atoms with E-state index in [0.29, 0.717) is 32.3 Å². The Kier molecular flexibility index (Phi) is 16.8. The molecule has 0 rings (SSSR count). The largest absolute Gasteiger partial charge is 0.463 e. The predicted molar refractivity (Wildman–Crippen MR) is 99.2 cm³/mol. The fourth-order valence-electron chi connectivity index (χ4n) is 2.63. The average Bonchev–Trinajstić information content (AvgIpc) is 2.60. The van der Waals surface area contributed by atoms with Gasteiger partial charge in [0.15, 0.2) is 0 Å². The lowest BCUT2D eigenvalue weighted by atomic mass is 10.00. The first-order valence-corrected chi connectivity index (χ1v) is 10.0. The van der Waals surface area contributed by atoms with E-state index in [-0.39, 0.29) is 11.9 Å². The lowest BCUT2D eigenvalue weighted by molar-refractivity contribution is -0.150. The Hall–Kier alpha value is -0.610. The molecule has 0 N–H and O–H groups in total. The van der Waals surface area contributed by atoms with E-state index in [0.717, 1.165) is 32.3 Å². The van der Waals surface area contributed by atoms with Crippen LogP contribution in [0.5, 0.6) is 0 Å². The first-order chi connectivity index (χ1) is 11.7. The number of rotatable bonds is 17. The fraction of sp³-hybridized carbons (Fsp3) is 0.950. The highest BCUT2D eigenvalue weighted by atomic mass is 16.6. The van der Waals surface area contributed by atoms with Crippen molar-refractivity contribution in [3.8, 4) is 0 Å². The average molecular weight is 345 g/mol. The van der Waals surface area contributed by atoms with Crippen LogP contribution >= 0.6 is 0 Å². The standard InChI is InChI=1S/C20H40O4/c1-5-9-11-18(7-3)17-23-14-13-22-15-16-24-20(21)19(8-4)12-10-6-2/h18-19H,5-17H2,1-4H3. The number of carbonyl (C=O) groups excluding carboxylic acids is 1. The van der Waals surface area contributed by atoms with Gasteiger partial charge in [-0.3, -0.25) is 4.79 Å².